The van der Waals surface area contributed by atoms with Crippen LogP contribution in [0, 0.1) is 11.5 Å². The number of benzene rings is 1. The average Bonchev–Trinajstić information content (AvgIpc) is 2.10. The van der Waals surface area contributed by atoms with E-state index in [1.807, 2.05) is 5.32 Å². The molecule has 0 unspecified atom stereocenters. The van der Waals surface area contributed by atoms with Crippen LogP contribution in [-0.4, -0.2) is 5.91 Å². The van der Waals surface area contributed by atoms with Gasteiger partial charge < -0.3 is 5.73 Å². The van der Waals surface area contributed by atoms with Crippen molar-refractivity contribution >= 4 is 27.5 Å². The third-order valence-electron chi connectivity index (χ3n) is 1.43. The van der Waals surface area contributed by atoms with E-state index >= 15 is 0 Å². The first-order valence-corrected chi connectivity index (χ1v) is 4.19. The summed E-state index contributed by atoms with van der Waals surface area (Å²) in [5.41, 5.74) is 6.37. The quantitative estimate of drug-likeness (QED) is 0.440. The number of nitriles is 1. The molecule has 4 nitrogen and oxygen atoms in total. The summed E-state index contributed by atoms with van der Waals surface area (Å²) in [7, 11) is 0. The lowest BCUT2D eigenvalue weighted by molar-refractivity contribution is 0.0973. The van der Waals surface area contributed by atoms with E-state index in [1.54, 1.807) is 18.3 Å². The molecule has 66 valence electrons. The Bertz CT molecular complexity index is 383. The number of hydrogen-bond acceptors (Lipinski definition) is 3. The zero-order valence-electron chi connectivity index (χ0n) is 6.54. The van der Waals surface area contributed by atoms with E-state index in [4.69, 9.17) is 11.0 Å². The highest BCUT2D eigenvalue weighted by Gasteiger charge is 2.05. The molecule has 0 saturated heterocycles. The van der Waals surface area contributed by atoms with Crippen molar-refractivity contribution in [2.45, 2.75) is 0 Å². The van der Waals surface area contributed by atoms with Gasteiger partial charge in [0.1, 0.15) is 0 Å². The standard InChI is InChI=1S/C8H6BrN3O/c9-6-2-1-5(3-7(6)11)8(13)12-4-10/h1-3H,11H2,(H,12,13). The zero-order valence-corrected chi connectivity index (χ0v) is 8.13. The summed E-state index contributed by atoms with van der Waals surface area (Å²) >= 11 is 3.20. The topological polar surface area (TPSA) is 78.9 Å². The van der Waals surface area contributed by atoms with Crippen LogP contribution in [0.25, 0.3) is 0 Å². The van der Waals surface area contributed by atoms with E-state index in [0.29, 0.717) is 11.3 Å². The lowest BCUT2D eigenvalue weighted by Gasteiger charge is -2.00. The van der Waals surface area contributed by atoms with Crippen LogP contribution in [0.1, 0.15) is 10.4 Å². The van der Waals surface area contributed by atoms with Gasteiger partial charge in [-0.2, -0.15) is 5.26 Å². The van der Waals surface area contributed by atoms with Crippen molar-refractivity contribution in [1.29, 1.82) is 5.26 Å². The summed E-state index contributed by atoms with van der Waals surface area (Å²) in [5.74, 6) is -0.457. The number of halogens is 1. The Morgan fingerprint density at radius 3 is 2.85 bits per heavy atom. The van der Waals surface area contributed by atoms with Crippen LogP contribution in [0.2, 0.25) is 0 Å². The first-order valence-electron chi connectivity index (χ1n) is 3.39. The van der Waals surface area contributed by atoms with Gasteiger partial charge in [-0.1, -0.05) is 0 Å². The molecular weight excluding hydrogens is 234 g/mol. The predicted molar refractivity (Wildman–Crippen MR) is 51.6 cm³/mol. The highest BCUT2D eigenvalue weighted by atomic mass is 79.9. The minimum Gasteiger partial charge on any atom is -0.398 e. The predicted octanol–water partition coefficient (Wildman–Crippen LogP) is 1.24. The SMILES string of the molecule is N#CNC(=O)c1ccc(Br)c(N)c1. The van der Waals surface area contributed by atoms with Gasteiger partial charge in [-0.15, -0.1) is 0 Å². The number of carbonyl (C=O) groups is 1. The second-order valence-electron chi connectivity index (χ2n) is 2.30. The second kappa shape index (κ2) is 3.92. The van der Waals surface area contributed by atoms with Crippen LogP contribution >= 0.6 is 15.9 Å². The van der Waals surface area contributed by atoms with Crippen molar-refractivity contribution in [3.63, 3.8) is 0 Å². The summed E-state index contributed by atoms with van der Waals surface area (Å²) < 4.78 is 0.723. The molecule has 0 aromatic heterocycles. The summed E-state index contributed by atoms with van der Waals surface area (Å²) in [6.07, 6.45) is 1.55. The van der Waals surface area contributed by atoms with E-state index in [1.165, 1.54) is 6.07 Å². The molecule has 0 heterocycles. The van der Waals surface area contributed by atoms with Gasteiger partial charge in [-0.3, -0.25) is 10.1 Å². The third kappa shape index (κ3) is 2.20. The molecule has 0 aliphatic carbocycles. The number of nitrogens with zero attached hydrogens (tertiary/aromatic N) is 1. The van der Waals surface area contributed by atoms with Gasteiger partial charge in [0.15, 0.2) is 6.19 Å². The van der Waals surface area contributed by atoms with Crippen LogP contribution in [-0.2, 0) is 0 Å². The van der Waals surface area contributed by atoms with Gasteiger partial charge in [-0.05, 0) is 34.1 Å². The molecule has 0 fully saturated rings. The first kappa shape index (κ1) is 9.55. The molecule has 0 atom stereocenters. The monoisotopic (exact) mass is 239 g/mol. The molecular formula is C8H6BrN3O. The van der Waals surface area contributed by atoms with E-state index < -0.39 is 5.91 Å². The lowest BCUT2D eigenvalue weighted by Crippen LogP contribution is -2.17. The normalized spacial score (nSPS) is 8.92. The van der Waals surface area contributed by atoms with Crippen LogP contribution in [0.5, 0.6) is 0 Å². The molecule has 0 aliphatic rings. The van der Waals surface area contributed by atoms with Gasteiger partial charge >= 0.3 is 0 Å². The Kier molecular flexibility index (Phi) is 2.88. The number of nitrogens with one attached hydrogen (secondary N) is 1. The highest BCUT2D eigenvalue weighted by molar-refractivity contribution is 9.10. The lowest BCUT2D eigenvalue weighted by atomic mass is 10.2. The number of rotatable bonds is 1. The number of amides is 1. The maximum atomic E-state index is 11.1. The van der Waals surface area contributed by atoms with Gasteiger partial charge in [0.25, 0.3) is 5.91 Å². The summed E-state index contributed by atoms with van der Waals surface area (Å²) in [6.45, 7) is 0. The second-order valence-corrected chi connectivity index (χ2v) is 3.16. The molecule has 0 bridgehead atoms. The van der Waals surface area contributed by atoms with Gasteiger partial charge in [0.2, 0.25) is 0 Å². The maximum absolute atomic E-state index is 11.1. The fourth-order valence-corrected chi connectivity index (χ4v) is 1.05. The summed E-state index contributed by atoms with van der Waals surface area (Å²) in [6, 6.07) is 4.73. The summed E-state index contributed by atoms with van der Waals surface area (Å²) in [5, 5.41) is 10.2. The van der Waals surface area contributed by atoms with Crippen molar-refractivity contribution in [3.05, 3.63) is 28.2 Å². The summed E-state index contributed by atoms with van der Waals surface area (Å²) in [4.78, 5) is 11.1. The molecule has 5 heteroatoms. The van der Waals surface area contributed by atoms with Gasteiger partial charge in [0.05, 0.1) is 0 Å². The minimum atomic E-state index is -0.457. The number of anilines is 1. The van der Waals surface area contributed by atoms with E-state index in [0.717, 1.165) is 4.47 Å². The average molecular weight is 240 g/mol. The van der Waals surface area contributed by atoms with Crippen molar-refractivity contribution < 1.29 is 4.79 Å². The van der Waals surface area contributed by atoms with Crippen LogP contribution in [0.15, 0.2) is 22.7 Å². The Labute approximate surface area is 83.5 Å². The van der Waals surface area contributed by atoms with Crippen molar-refractivity contribution in [3.8, 4) is 6.19 Å². The molecule has 0 spiro atoms. The molecule has 1 amide bonds. The number of nitrogens with two attached hydrogens (primary N) is 1. The largest absolute Gasteiger partial charge is 0.398 e. The maximum Gasteiger partial charge on any atom is 0.264 e. The Morgan fingerprint density at radius 1 is 1.62 bits per heavy atom. The van der Waals surface area contributed by atoms with Crippen LogP contribution in [0.3, 0.4) is 0 Å². The van der Waals surface area contributed by atoms with E-state index in [-0.39, 0.29) is 0 Å². The molecule has 0 aliphatic heterocycles. The molecule has 1 rings (SSSR count). The Balaban J connectivity index is 2.98. The Morgan fingerprint density at radius 2 is 2.31 bits per heavy atom. The van der Waals surface area contributed by atoms with Crippen molar-refractivity contribution in [2.24, 2.45) is 0 Å². The minimum absolute atomic E-state index is 0.363. The number of nitrogen functional groups attached to an aromatic ring is 1. The first-order chi connectivity index (χ1) is 6.15. The molecule has 0 radical (unpaired) electrons. The van der Waals surface area contributed by atoms with Crippen LogP contribution < -0.4 is 11.1 Å². The third-order valence-corrected chi connectivity index (χ3v) is 2.15. The zero-order chi connectivity index (χ0) is 9.84. The highest BCUT2D eigenvalue weighted by Crippen LogP contribution is 2.19. The van der Waals surface area contributed by atoms with E-state index in [9.17, 15) is 4.79 Å². The van der Waals surface area contributed by atoms with Crippen molar-refractivity contribution in [1.82, 2.24) is 5.32 Å². The molecule has 13 heavy (non-hydrogen) atoms. The molecule has 1 aromatic carbocycles. The van der Waals surface area contributed by atoms with Crippen molar-refractivity contribution in [2.75, 3.05) is 5.73 Å². The smallest absolute Gasteiger partial charge is 0.264 e. The van der Waals surface area contributed by atoms with Crippen LogP contribution in [0.4, 0.5) is 5.69 Å². The fraction of sp³-hybridized carbons (Fsp3) is 0. The number of hydrogen-bond donors (Lipinski definition) is 2. The molecule has 3 N–H and O–H groups in total. The fourth-order valence-electron chi connectivity index (χ4n) is 0.808. The molecule has 1 aromatic rings. The number of carbonyl (C=O) groups excluding carboxylic acids is 1. The van der Waals surface area contributed by atoms with Gasteiger partial charge in [0, 0.05) is 15.7 Å². The van der Waals surface area contributed by atoms with Gasteiger partial charge in [-0.25, -0.2) is 0 Å². The Hall–Kier alpha value is -1.54. The van der Waals surface area contributed by atoms with E-state index in [2.05, 4.69) is 15.9 Å². The molecule has 0 saturated carbocycles.